The van der Waals surface area contributed by atoms with Gasteiger partial charge in [0, 0.05) is 5.69 Å². The van der Waals surface area contributed by atoms with Crippen LogP contribution in [-0.4, -0.2) is 37.1 Å². The van der Waals surface area contributed by atoms with Crippen molar-refractivity contribution in [2.45, 2.75) is 0 Å². The Balaban J connectivity index is 1.76. The average Bonchev–Trinajstić information content (AvgIpc) is 2.58. The van der Waals surface area contributed by atoms with Gasteiger partial charge in [-0.15, -0.1) is 0 Å². The highest BCUT2D eigenvalue weighted by Gasteiger charge is 2.29. The van der Waals surface area contributed by atoms with Gasteiger partial charge >= 0.3 is 0 Å². The van der Waals surface area contributed by atoms with Crippen LogP contribution in [0, 0.1) is 0 Å². The zero-order valence-corrected chi connectivity index (χ0v) is 14.0. The zero-order chi connectivity index (χ0) is 18.0. The lowest BCUT2D eigenvalue weighted by Gasteiger charge is -2.27. The molecular formula is C16H15ClN4O4. The maximum atomic E-state index is 12.3. The summed E-state index contributed by atoms with van der Waals surface area (Å²) in [5, 5.41) is 3.04. The molecular weight excluding hydrogens is 348 g/mol. The molecule has 0 spiro atoms. The number of amides is 2. The number of anilines is 3. The molecule has 0 aliphatic carbocycles. The zero-order valence-electron chi connectivity index (χ0n) is 13.3. The number of rotatable bonds is 4. The molecule has 0 saturated carbocycles. The van der Waals surface area contributed by atoms with Crippen molar-refractivity contribution in [1.29, 1.82) is 0 Å². The molecule has 2 amide bonds. The molecule has 130 valence electrons. The number of fused-ring (bicyclic) bond motifs is 1. The monoisotopic (exact) mass is 362 g/mol. The van der Waals surface area contributed by atoms with Gasteiger partial charge in [0.15, 0.2) is 18.2 Å². The van der Waals surface area contributed by atoms with Gasteiger partial charge < -0.3 is 20.5 Å². The predicted molar refractivity (Wildman–Crippen MR) is 93.1 cm³/mol. The van der Waals surface area contributed by atoms with Crippen molar-refractivity contribution < 1.29 is 19.1 Å². The third-order valence-electron chi connectivity index (χ3n) is 3.51. The first kappa shape index (κ1) is 16.8. The third-order valence-corrected chi connectivity index (χ3v) is 3.80. The lowest BCUT2D eigenvalue weighted by Crippen LogP contribution is -2.44. The number of pyridine rings is 1. The summed E-state index contributed by atoms with van der Waals surface area (Å²) in [6.07, 6.45) is 0. The number of nitrogens with two attached hydrogens (primary N) is 1. The third kappa shape index (κ3) is 3.58. The van der Waals surface area contributed by atoms with E-state index >= 15 is 0 Å². The van der Waals surface area contributed by atoms with Crippen molar-refractivity contribution in [2.24, 2.45) is 0 Å². The highest BCUT2D eigenvalue weighted by atomic mass is 35.5. The number of nitrogens with one attached hydrogen (secondary N) is 1. The van der Waals surface area contributed by atoms with Crippen LogP contribution in [0.5, 0.6) is 11.5 Å². The van der Waals surface area contributed by atoms with Crippen LogP contribution in [0.15, 0.2) is 30.3 Å². The second-order valence-electron chi connectivity index (χ2n) is 5.22. The smallest absolute Gasteiger partial charge is 0.266 e. The molecule has 0 fully saturated rings. The first-order chi connectivity index (χ1) is 12.0. The first-order valence-electron chi connectivity index (χ1n) is 7.31. The van der Waals surface area contributed by atoms with Crippen LogP contribution < -0.4 is 25.4 Å². The minimum Gasteiger partial charge on any atom is -0.495 e. The number of ether oxygens (including phenoxy) is 2. The number of nitrogens with zero attached hydrogens (tertiary/aromatic N) is 2. The molecule has 1 aromatic carbocycles. The van der Waals surface area contributed by atoms with E-state index in [4.69, 9.17) is 26.8 Å². The van der Waals surface area contributed by atoms with E-state index in [2.05, 4.69) is 10.3 Å². The number of carbonyl (C=O) groups is 2. The second-order valence-corrected chi connectivity index (χ2v) is 5.63. The van der Waals surface area contributed by atoms with Crippen molar-refractivity contribution in [2.75, 3.05) is 36.2 Å². The van der Waals surface area contributed by atoms with Crippen molar-refractivity contribution in [3.63, 3.8) is 0 Å². The molecule has 1 aliphatic rings. The normalized spacial score (nSPS) is 13.0. The molecule has 3 N–H and O–H groups in total. The summed E-state index contributed by atoms with van der Waals surface area (Å²) in [6, 6.07) is 8.01. The number of nitrogen functional groups attached to an aromatic ring is 1. The number of aromatic nitrogens is 1. The molecule has 0 atom stereocenters. The molecule has 9 heteroatoms. The summed E-state index contributed by atoms with van der Waals surface area (Å²) in [5.74, 6) is 0.550. The van der Waals surface area contributed by atoms with Crippen LogP contribution in [0.1, 0.15) is 0 Å². The van der Waals surface area contributed by atoms with Gasteiger partial charge in [-0.2, -0.15) is 0 Å². The van der Waals surface area contributed by atoms with Gasteiger partial charge in [0.1, 0.15) is 18.1 Å². The Kier molecular flexibility index (Phi) is 4.62. The summed E-state index contributed by atoms with van der Waals surface area (Å²) in [7, 11) is 1.50. The van der Waals surface area contributed by atoms with Gasteiger partial charge in [0.2, 0.25) is 5.91 Å². The summed E-state index contributed by atoms with van der Waals surface area (Å²) in [5.41, 5.74) is 6.14. The van der Waals surface area contributed by atoms with Crippen LogP contribution in [0.4, 0.5) is 17.3 Å². The molecule has 0 unspecified atom stereocenters. The van der Waals surface area contributed by atoms with E-state index in [1.165, 1.54) is 12.0 Å². The Bertz CT molecular complexity index is 843. The molecule has 0 radical (unpaired) electrons. The summed E-state index contributed by atoms with van der Waals surface area (Å²) in [6.45, 7) is -0.393. The van der Waals surface area contributed by atoms with E-state index in [0.717, 1.165) is 0 Å². The van der Waals surface area contributed by atoms with E-state index in [-0.39, 0.29) is 30.7 Å². The fraction of sp³-hybridized carbons (Fsp3) is 0.188. The van der Waals surface area contributed by atoms with E-state index in [0.29, 0.717) is 22.2 Å². The Morgan fingerprint density at radius 1 is 1.44 bits per heavy atom. The highest BCUT2D eigenvalue weighted by Crippen LogP contribution is 2.31. The first-order valence-corrected chi connectivity index (χ1v) is 7.69. The van der Waals surface area contributed by atoms with Crippen LogP contribution in [-0.2, 0) is 9.59 Å². The largest absolute Gasteiger partial charge is 0.495 e. The number of hydrogen-bond acceptors (Lipinski definition) is 6. The molecule has 1 aromatic heterocycles. The molecule has 2 heterocycles. The van der Waals surface area contributed by atoms with Crippen LogP contribution >= 0.6 is 11.6 Å². The quantitative estimate of drug-likeness (QED) is 0.857. The molecule has 25 heavy (non-hydrogen) atoms. The summed E-state index contributed by atoms with van der Waals surface area (Å²) >= 11 is 6.03. The Labute approximate surface area is 148 Å². The van der Waals surface area contributed by atoms with E-state index in [1.807, 2.05) is 0 Å². The topological polar surface area (TPSA) is 107 Å². The minimum atomic E-state index is -0.411. The molecule has 1 aliphatic heterocycles. The molecule has 2 aromatic rings. The average molecular weight is 363 g/mol. The number of benzene rings is 1. The highest BCUT2D eigenvalue weighted by molar-refractivity contribution is 6.32. The number of halogens is 1. The predicted octanol–water partition coefficient (Wildman–Crippen LogP) is 1.69. The van der Waals surface area contributed by atoms with Crippen molar-refractivity contribution in [1.82, 2.24) is 4.98 Å². The molecule has 0 saturated heterocycles. The SMILES string of the molecule is COc1ccc(NC(=O)CN2C(=O)COc3ccc(N)nc32)cc1Cl. The van der Waals surface area contributed by atoms with Crippen LogP contribution in [0.2, 0.25) is 5.02 Å². The fourth-order valence-electron chi connectivity index (χ4n) is 2.34. The van der Waals surface area contributed by atoms with Gasteiger partial charge in [-0.3, -0.25) is 14.5 Å². The van der Waals surface area contributed by atoms with E-state index < -0.39 is 5.91 Å². The van der Waals surface area contributed by atoms with Crippen LogP contribution in [0.25, 0.3) is 0 Å². The second kappa shape index (κ2) is 6.86. The standard InChI is InChI=1S/C16H15ClN4O4/c1-24-11-3-2-9(6-10(11)17)19-14(22)7-21-15(23)8-25-12-4-5-13(18)20-16(12)21/h2-6H,7-8H2,1H3,(H2,18,20)(H,19,22). The Morgan fingerprint density at radius 3 is 2.96 bits per heavy atom. The van der Waals surface area contributed by atoms with E-state index in [1.54, 1.807) is 30.3 Å². The van der Waals surface area contributed by atoms with Gasteiger partial charge in [-0.05, 0) is 30.3 Å². The van der Waals surface area contributed by atoms with E-state index in [9.17, 15) is 9.59 Å². The number of hydrogen-bond donors (Lipinski definition) is 2. The van der Waals surface area contributed by atoms with Gasteiger partial charge in [0.25, 0.3) is 5.91 Å². The molecule has 3 rings (SSSR count). The van der Waals surface area contributed by atoms with Crippen molar-refractivity contribution in [3.8, 4) is 11.5 Å². The maximum Gasteiger partial charge on any atom is 0.266 e. The van der Waals surface area contributed by atoms with Gasteiger partial charge in [-0.1, -0.05) is 11.6 Å². The summed E-state index contributed by atoms with van der Waals surface area (Å²) in [4.78, 5) is 29.7. The van der Waals surface area contributed by atoms with Gasteiger partial charge in [-0.25, -0.2) is 4.98 Å². The lowest BCUT2D eigenvalue weighted by molar-refractivity contribution is -0.123. The summed E-state index contributed by atoms with van der Waals surface area (Å²) < 4.78 is 10.3. The van der Waals surface area contributed by atoms with Gasteiger partial charge in [0.05, 0.1) is 12.1 Å². The number of carbonyl (C=O) groups excluding carboxylic acids is 2. The minimum absolute atomic E-state index is 0.166. The van der Waals surface area contributed by atoms with Crippen molar-refractivity contribution >= 4 is 40.7 Å². The lowest BCUT2D eigenvalue weighted by atomic mass is 10.3. The molecule has 8 nitrogen and oxygen atoms in total. The fourth-order valence-corrected chi connectivity index (χ4v) is 2.60. The Morgan fingerprint density at radius 2 is 2.24 bits per heavy atom. The van der Waals surface area contributed by atoms with Crippen molar-refractivity contribution in [3.05, 3.63) is 35.4 Å². The number of methoxy groups -OCH3 is 1. The Hall–Kier alpha value is -3.00. The van der Waals surface area contributed by atoms with Crippen LogP contribution in [0.3, 0.4) is 0 Å². The molecule has 0 bridgehead atoms. The maximum absolute atomic E-state index is 12.3.